The van der Waals surface area contributed by atoms with E-state index in [1.807, 2.05) is 57.0 Å². The molecule has 198 valence electrons. The number of benzene rings is 4. The van der Waals surface area contributed by atoms with Crippen LogP contribution in [0.4, 0.5) is 0 Å². The van der Waals surface area contributed by atoms with Gasteiger partial charge in [0, 0.05) is 59.0 Å². The zero-order valence-corrected chi connectivity index (χ0v) is 25.7. The number of thiocarbonyl (C=S) groups is 3. The predicted octanol–water partition coefficient (Wildman–Crippen LogP) is 7.40. The summed E-state index contributed by atoms with van der Waals surface area (Å²) in [5.74, 6) is 0. The van der Waals surface area contributed by atoms with E-state index in [1.165, 1.54) is 0 Å². The molecule has 0 saturated heterocycles. The highest BCUT2D eigenvalue weighted by atomic mass is 32.1. The first-order valence-electron chi connectivity index (χ1n) is 12.7. The third-order valence-corrected chi connectivity index (χ3v) is 8.35. The molecule has 0 saturated carbocycles. The van der Waals surface area contributed by atoms with Crippen molar-refractivity contribution >= 4 is 51.6 Å². The molecular formula is C33H33N3S3. The summed E-state index contributed by atoms with van der Waals surface area (Å²) >= 11 is 16.7. The molecule has 0 fully saturated rings. The molecule has 0 bridgehead atoms. The van der Waals surface area contributed by atoms with E-state index in [4.69, 9.17) is 36.7 Å². The molecule has 0 amide bonds. The third kappa shape index (κ3) is 6.59. The summed E-state index contributed by atoms with van der Waals surface area (Å²) in [6, 6.07) is 32.2. The van der Waals surface area contributed by atoms with Crippen molar-refractivity contribution in [2.24, 2.45) is 0 Å². The quantitative estimate of drug-likeness (QED) is 0.223. The van der Waals surface area contributed by atoms with E-state index in [2.05, 4.69) is 91.0 Å². The molecule has 0 unspecified atom stereocenters. The molecule has 0 radical (unpaired) electrons. The molecule has 0 heterocycles. The van der Waals surface area contributed by atoms with Gasteiger partial charge in [-0.15, -0.1) is 0 Å². The molecule has 0 spiro atoms. The molecule has 3 nitrogen and oxygen atoms in total. The molecule has 39 heavy (non-hydrogen) atoms. The van der Waals surface area contributed by atoms with Crippen molar-refractivity contribution < 1.29 is 0 Å². The van der Waals surface area contributed by atoms with Crippen LogP contribution in [0.3, 0.4) is 0 Å². The minimum Gasteiger partial charge on any atom is -0.368 e. The zero-order chi connectivity index (χ0) is 28.3. The Morgan fingerprint density at radius 1 is 0.359 bits per heavy atom. The van der Waals surface area contributed by atoms with Crippen LogP contribution >= 0.6 is 36.7 Å². The maximum absolute atomic E-state index is 5.56. The first-order chi connectivity index (χ1) is 18.5. The second-order valence-electron chi connectivity index (χ2n) is 10.1. The fourth-order valence-corrected chi connectivity index (χ4v) is 4.73. The van der Waals surface area contributed by atoms with Gasteiger partial charge in [-0.25, -0.2) is 0 Å². The van der Waals surface area contributed by atoms with Crippen LogP contribution < -0.4 is 0 Å². The van der Waals surface area contributed by atoms with Gasteiger partial charge in [-0.3, -0.25) is 0 Å². The summed E-state index contributed by atoms with van der Waals surface area (Å²) < 4.78 is 0. The summed E-state index contributed by atoms with van der Waals surface area (Å²) in [6.45, 7) is 0. The zero-order valence-electron chi connectivity index (χ0n) is 23.2. The third-order valence-electron chi connectivity index (χ3n) is 6.55. The Hall–Kier alpha value is -3.45. The highest BCUT2D eigenvalue weighted by molar-refractivity contribution is 7.81. The molecule has 6 heteroatoms. The van der Waals surface area contributed by atoms with Crippen LogP contribution in [0.25, 0.3) is 33.4 Å². The van der Waals surface area contributed by atoms with Crippen molar-refractivity contribution in [1.29, 1.82) is 0 Å². The van der Waals surface area contributed by atoms with Crippen LogP contribution in [0.2, 0.25) is 0 Å². The second-order valence-corrected chi connectivity index (χ2v) is 11.3. The molecule has 4 rings (SSSR count). The molecule has 0 aliphatic heterocycles. The van der Waals surface area contributed by atoms with E-state index in [0.717, 1.165) is 65.0 Å². The van der Waals surface area contributed by atoms with Crippen molar-refractivity contribution in [2.75, 3.05) is 42.3 Å². The average molecular weight is 568 g/mol. The summed E-state index contributed by atoms with van der Waals surface area (Å²) in [7, 11) is 11.8. The highest BCUT2D eigenvalue weighted by Gasteiger charge is 2.11. The monoisotopic (exact) mass is 567 g/mol. The number of hydrogen-bond donors (Lipinski definition) is 0. The maximum atomic E-state index is 5.56. The number of hydrogen-bond acceptors (Lipinski definition) is 3. The van der Waals surface area contributed by atoms with E-state index >= 15 is 0 Å². The van der Waals surface area contributed by atoms with Crippen LogP contribution in [0.5, 0.6) is 0 Å². The number of nitrogens with zero attached hydrogens (tertiary/aromatic N) is 3. The van der Waals surface area contributed by atoms with Gasteiger partial charge in [0.15, 0.2) is 0 Å². The van der Waals surface area contributed by atoms with E-state index in [0.29, 0.717) is 0 Å². The van der Waals surface area contributed by atoms with E-state index in [-0.39, 0.29) is 0 Å². The van der Waals surface area contributed by atoms with Crippen molar-refractivity contribution in [3.05, 3.63) is 108 Å². The Morgan fingerprint density at radius 2 is 0.564 bits per heavy atom. The Morgan fingerprint density at radius 3 is 0.744 bits per heavy atom. The summed E-state index contributed by atoms with van der Waals surface area (Å²) in [5, 5.41) is 0. The van der Waals surface area contributed by atoms with Gasteiger partial charge < -0.3 is 14.7 Å². The normalized spacial score (nSPS) is 10.6. The minimum absolute atomic E-state index is 0.822. The molecule has 0 aromatic heterocycles. The van der Waals surface area contributed by atoms with Crippen molar-refractivity contribution in [1.82, 2.24) is 14.7 Å². The average Bonchev–Trinajstić information content (AvgIpc) is 2.95. The fourth-order valence-electron chi connectivity index (χ4n) is 4.32. The van der Waals surface area contributed by atoms with Gasteiger partial charge in [0.25, 0.3) is 0 Å². The number of rotatable bonds is 6. The van der Waals surface area contributed by atoms with Crippen molar-refractivity contribution in [3.63, 3.8) is 0 Å². The van der Waals surface area contributed by atoms with Gasteiger partial charge in [-0.1, -0.05) is 109 Å². The summed E-state index contributed by atoms with van der Waals surface area (Å²) in [6.07, 6.45) is 0. The first-order valence-corrected chi connectivity index (χ1v) is 13.9. The van der Waals surface area contributed by atoms with Crippen LogP contribution in [0.1, 0.15) is 16.7 Å². The fraction of sp³-hybridized carbons (Fsp3) is 0.182. The lowest BCUT2D eigenvalue weighted by Gasteiger charge is -2.16. The maximum Gasteiger partial charge on any atom is 0.108 e. The SMILES string of the molecule is CN(C)C(=S)c1ccc(-c2cc(-c3ccc(C(=S)N(C)C)cc3)cc(-c3ccc(C(=S)N(C)C)cc3)c2)cc1. The first kappa shape index (κ1) is 28.6. The molecule has 4 aromatic rings. The largest absolute Gasteiger partial charge is 0.368 e. The molecule has 0 aliphatic carbocycles. The molecule has 0 atom stereocenters. The Balaban J connectivity index is 1.79. The van der Waals surface area contributed by atoms with Gasteiger partial charge in [-0.2, -0.15) is 0 Å². The second kappa shape index (κ2) is 12.2. The lowest BCUT2D eigenvalue weighted by Crippen LogP contribution is -2.20. The standard InChI is InChI=1S/C33H33N3S3/c1-34(2)31(37)25-13-7-22(8-14-25)28-19-29(23-9-15-26(16-10-23)32(38)35(3)4)21-30(20-28)24-11-17-27(18-12-24)33(39)36(5)6/h7-21H,1-6H3. The predicted molar refractivity (Wildman–Crippen MR) is 179 cm³/mol. The summed E-state index contributed by atoms with van der Waals surface area (Å²) in [5.41, 5.74) is 9.96. The van der Waals surface area contributed by atoms with Gasteiger partial charge in [-0.05, 0) is 51.6 Å². The molecular weight excluding hydrogens is 535 g/mol. The molecule has 0 N–H and O–H groups in total. The van der Waals surface area contributed by atoms with Gasteiger partial charge in [0.1, 0.15) is 15.0 Å². The van der Waals surface area contributed by atoms with Crippen LogP contribution in [0.15, 0.2) is 91.0 Å². The Labute approximate surface area is 248 Å². The topological polar surface area (TPSA) is 9.72 Å². The highest BCUT2D eigenvalue weighted by Crippen LogP contribution is 2.33. The van der Waals surface area contributed by atoms with E-state index < -0.39 is 0 Å². The van der Waals surface area contributed by atoms with E-state index in [1.54, 1.807) is 0 Å². The van der Waals surface area contributed by atoms with Gasteiger partial charge >= 0.3 is 0 Å². The van der Waals surface area contributed by atoms with Crippen molar-refractivity contribution in [3.8, 4) is 33.4 Å². The van der Waals surface area contributed by atoms with Crippen LogP contribution in [0, 0.1) is 0 Å². The van der Waals surface area contributed by atoms with E-state index in [9.17, 15) is 0 Å². The van der Waals surface area contributed by atoms with Gasteiger partial charge in [0.2, 0.25) is 0 Å². The summed E-state index contributed by atoms with van der Waals surface area (Å²) in [4.78, 5) is 8.34. The Bertz CT molecular complexity index is 1310. The smallest absolute Gasteiger partial charge is 0.108 e. The van der Waals surface area contributed by atoms with Crippen LogP contribution in [-0.4, -0.2) is 72.0 Å². The lowest BCUT2D eigenvalue weighted by atomic mass is 9.92. The van der Waals surface area contributed by atoms with Crippen LogP contribution in [-0.2, 0) is 0 Å². The minimum atomic E-state index is 0.822. The lowest BCUT2D eigenvalue weighted by molar-refractivity contribution is 0.636. The van der Waals surface area contributed by atoms with Crippen molar-refractivity contribution in [2.45, 2.75) is 0 Å². The molecule has 4 aromatic carbocycles. The van der Waals surface area contributed by atoms with Gasteiger partial charge in [0.05, 0.1) is 0 Å². The Kier molecular flexibility index (Phi) is 8.90. The molecule has 0 aliphatic rings.